The lowest BCUT2D eigenvalue weighted by Gasteiger charge is -2.38. The van der Waals surface area contributed by atoms with Gasteiger partial charge in [0.1, 0.15) is 0 Å². The molecule has 0 bridgehead atoms. The zero-order valence-electron chi connectivity index (χ0n) is 13.6. The Balaban J connectivity index is 1.73. The lowest BCUT2D eigenvalue weighted by Crippen LogP contribution is -2.29. The average molecular weight is 374 g/mol. The number of hydrogen-bond donors (Lipinski definition) is 1. The number of rotatable bonds is 2. The zero-order chi connectivity index (χ0) is 17.6. The van der Waals surface area contributed by atoms with Gasteiger partial charge in [-0.1, -0.05) is 47.5 Å². The van der Waals surface area contributed by atoms with Crippen LogP contribution in [0.2, 0.25) is 10.0 Å². The summed E-state index contributed by atoms with van der Waals surface area (Å²) in [7, 11) is 1.39. The second-order valence-electron chi connectivity index (χ2n) is 6.44. The minimum atomic E-state index is -0.326. The largest absolute Gasteiger partial charge is 0.465 e. The number of halogens is 2. The minimum Gasteiger partial charge on any atom is -0.465 e. The van der Waals surface area contributed by atoms with Crippen LogP contribution in [0.25, 0.3) is 0 Å². The van der Waals surface area contributed by atoms with Crippen molar-refractivity contribution in [3.05, 3.63) is 75.3 Å². The molecular weight excluding hydrogens is 357 g/mol. The molecule has 0 saturated carbocycles. The van der Waals surface area contributed by atoms with E-state index in [9.17, 15) is 4.79 Å². The molecule has 2 aromatic rings. The van der Waals surface area contributed by atoms with Crippen molar-refractivity contribution in [2.24, 2.45) is 5.92 Å². The number of hydrogen-bond acceptors (Lipinski definition) is 3. The second kappa shape index (κ2) is 6.40. The van der Waals surface area contributed by atoms with Gasteiger partial charge in [0.25, 0.3) is 0 Å². The fourth-order valence-electron chi connectivity index (χ4n) is 3.92. The van der Waals surface area contributed by atoms with E-state index < -0.39 is 0 Å². The van der Waals surface area contributed by atoms with Crippen LogP contribution < -0.4 is 5.32 Å². The summed E-state index contributed by atoms with van der Waals surface area (Å²) < 4.78 is 4.77. The topological polar surface area (TPSA) is 38.3 Å². The highest BCUT2D eigenvalue weighted by molar-refractivity contribution is 6.35. The van der Waals surface area contributed by atoms with Crippen molar-refractivity contribution < 1.29 is 9.53 Å². The number of carbonyl (C=O) groups is 1. The van der Waals surface area contributed by atoms with Crippen molar-refractivity contribution in [2.75, 3.05) is 12.4 Å². The quantitative estimate of drug-likeness (QED) is 0.549. The number of allylic oxidation sites excluding steroid dienone is 2. The molecular formula is C20H17Cl2NO2. The molecule has 0 spiro atoms. The zero-order valence-corrected chi connectivity index (χ0v) is 15.1. The summed E-state index contributed by atoms with van der Waals surface area (Å²) in [6, 6.07) is 11.4. The number of methoxy groups -OCH3 is 1. The summed E-state index contributed by atoms with van der Waals surface area (Å²) in [5, 5.41) is 4.93. The highest BCUT2D eigenvalue weighted by Gasteiger charge is 2.39. The Morgan fingerprint density at radius 3 is 2.68 bits per heavy atom. The first-order valence-corrected chi connectivity index (χ1v) is 8.94. The smallest absolute Gasteiger partial charge is 0.337 e. The fraction of sp³-hybridized carbons (Fsp3) is 0.250. The van der Waals surface area contributed by atoms with E-state index in [1.54, 1.807) is 18.2 Å². The van der Waals surface area contributed by atoms with E-state index in [2.05, 4.69) is 17.5 Å². The van der Waals surface area contributed by atoms with E-state index in [1.165, 1.54) is 7.11 Å². The lowest BCUT2D eigenvalue weighted by atomic mass is 9.77. The first-order chi connectivity index (χ1) is 12.1. The monoisotopic (exact) mass is 373 g/mol. The Kier molecular flexibility index (Phi) is 4.22. The molecule has 2 aliphatic rings. The van der Waals surface area contributed by atoms with Crippen LogP contribution in [0.5, 0.6) is 0 Å². The third-order valence-corrected chi connectivity index (χ3v) is 5.60. The Hall–Kier alpha value is -1.97. The molecule has 25 heavy (non-hydrogen) atoms. The third kappa shape index (κ3) is 2.82. The molecule has 1 heterocycles. The molecule has 3 atom stereocenters. The van der Waals surface area contributed by atoms with E-state index in [-0.39, 0.29) is 17.9 Å². The summed E-state index contributed by atoms with van der Waals surface area (Å²) in [5.74, 6) is 0.328. The number of nitrogens with one attached hydrogen (secondary N) is 1. The number of ether oxygens (including phenoxy) is 1. The molecule has 0 saturated heterocycles. The van der Waals surface area contributed by atoms with Gasteiger partial charge in [-0.2, -0.15) is 0 Å². The maximum Gasteiger partial charge on any atom is 0.337 e. The minimum absolute atomic E-state index is 0.133. The highest BCUT2D eigenvalue weighted by Crippen LogP contribution is 2.52. The van der Waals surface area contributed by atoms with Gasteiger partial charge in [-0.15, -0.1) is 0 Å². The van der Waals surface area contributed by atoms with E-state index in [0.717, 1.165) is 23.2 Å². The van der Waals surface area contributed by atoms with Gasteiger partial charge >= 0.3 is 5.97 Å². The molecule has 2 aromatic carbocycles. The molecule has 128 valence electrons. The Morgan fingerprint density at radius 1 is 1.20 bits per heavy atom. The summed E-state index contributed by atoms with van der Waals surface area (Å²) in [5.41, 5.74) is 3.78. The third-order valence-electron chi connectivity index (χ3n) is 5.07. The molecule has 1 aliphatic carbocycles. The van der Waals surface area contributed by atoms with E-state index in [4.69, 9.17) is 27.9 Å². The number of benzene rings is 2. The SMILES string of the molecule is COC(=O)c1ccc([C@@H]2Nc3cc(Cl)cc(Cl)c3[C@@H]3C=CC[C@H]32)cc1. The maximum atomic E-state index is 11.6. The number of fused-ring (bicyclic) bond motifs is 3. The van der Waals surface area contributed by atoms with Crippen LogP contribution in [0.4, 0.5) is 5.69 Å². The fourth-order valence-corrected chi connectivity index (χ4v) is 4.54. The van der Waals surface area contributed by atoms with Crippen LogP contribution in [-0.4, -0.2) is 13.1 Å². The maximum absolute atomic E-state index is 11.6. The van der Waals surface area contributed by atoms with Gasteiger partial charge < -0.3 is 10.1 Å². The van der Waals surface area contributed by atoms with Crippen LogP contribution in [-0.2, 0) is 4.74 Å². The van der Waals surface area contributed by atoms with Gasteiger partial charge in [0.15, 0.2) is 0 Å². The van der Waals surface area contributed by atoms with Crippen molar-refractivity contribution in [3.8, 4) is 0 Å². The van der Waals surface area contributed by atoms with Crippen LogP contribution in [0, 0.1) is 5.92 Å². The first-order valence-electron chi connectivity index (χ1n) is 8.19. The van der Waals surface area contributed by atoms with Crippen molar-refractivity contribution in [2.45, 2.75) is 18.4 Å². The molecule has 3 nitrogen and oxygen atoms in total. The molecule has 4 rings (SSSR count). The van der Waals surface area contributed by atoms with Crippen molar-refractivity contribution >= 4 is 34.9 Å². The molecule has 1 aliphatic heterocycles. The van der Waals surface area contributed by atoms with Gasteiger partial charge in [0.05, 0.1) is 18.7 Å². The predicted octanol–water partition coefficient (Wildman–Crippen LogP) is 5.61. The van der Waals surface area contributed by atoms with Crippen molar-refractivity contribution in [3.63, 3.8) is 0 Å². The van der Waals surface area contributed by atoms with Gasteiger partial charge in [-0.05, 0) is 42.2 Å². The first kappa shape index (κ1) is 16.5. The number of anilines is 1. The van der Waals surface area contributed by atoms with Crippen LogP contribution >= 0.6 is 23.2 Å². The van der Waals surface area contributed by atoms with Crippen molar-refractivity contribution in [1.82, 2.24) is 0 Å². The van der Waals surface area contributed by atoms with Gasteiger partial charge in [-0.3, -0.25) is 0 Å². The van der Waals surface area contributed by atoms with E-state index in [1.807, 2.05) is 18.2 Å². The highest BCUT2D eigenvalue weighted by atomic mass is 35.5. The average Bonchev–Trinajstić information content (AvgIpc) is 3.09. The number of carbonyl (C=O) groups excluding carboxylic acids is 1. The standard InChI is InChI=1S/C20H17Cl2NO2/c1-25-20(24)12-7-5-11(6-8-12)19-15-4-2-3-14(15)18-16(22)9-13(21)10-17(18)23-19/h2-3,5-10,14-15,19,23H,4H2,1H3/t14-,15-,19+/m1/s1. The van der Waals surface area contributed by atoms with E-state index >= 15 is 0 Å². The lowest BCUT2D eigenvalue weighted by molar-refractivity contribution is 0.0600. The van der Waals surface area contributed by atoms with Crippen LogP contribution in [0.1, 0.15) is 39.9 Å². The Bertz CT molecular complexity index is 861. The van der Waals surface area contributed by atoms with Gasteiger partial charge in [0.2, 0.25) is 0 Å². The molecule has 5 heteroatoms. The van der Waals surface area contributed by atoms with Crippen LogP contribution in [0.15, 0.2) is 48.6 Å². The molecule has 0 radical (unpaired) electrons. The van der Waals surface area contributed by atoms with Crippen LogP contribution in [0.3, 0.4) is 0 Å². The molecule has 0 aromatic heterocycles. The van der Waals surface area contributed by atoms with E-state index in [0.29, 0.717) is 21.5 Å². The molecule has 1 N–H and O–H groups in total. The Labute approximate surface area is 156 Å². The van der Waals surface area contributed by atoms with Crippen molar-refractivity contribution in [1.29, 1.82) is 0 Å². The number of esters is 1. The summed E-state index contributed by atoms with van der Waals surface area (Å²) in [4.78, 5) is 11.6. The van der Waals surface area contributed by atoms with Gasteiger partial charge in [-0.25, -0.2) is 4.79 Å². The molecule has 0 fully saturated rings. The molecule has 0 unspecified atom stereocenters. The molecule has 0 amide bonds. The predicted molar refractivity (Wildman–Crippen MR) is 101 cm³/mol. The summed E-state index contributed by atoms with van der Waals surface area (Å²) in [6.45, 7) is 0. The normalized spacial score (nSPS) is 23.6. The second-order valence-corrected chi connectivity index (χ2v) is 7.28. The van der Waals surface area contributed by atoms with Gasteiger partial charge in [0, 0.05) is 27.2 Å². The summed E-state index contributed by atoms with van der Waals surface area (Å²) in [6.07, 6.45) is 5.44. The summed E-state index contributed by atoms with van der Waals surface area (Å²) >= 11 is 12.7. The Morgan fingerprint density at radius 2 is 1.96 bits per heavy atom.